The van der Waals surface area contributed by atoms with Gasteiger partial charge in [0.2, 0.25) is 0 Å². The fourth-order valence-corrected chi connectivity index (χ4v) is 2.28. The standard InChI is InChI=1S/C15H20N2O3/c1-19-10-11-5-7-17(8-6-11)15(18)13-9-12(16)3-4-14(13)20-2/h3-5,9H,6-8,10,16H2,1-2H3. The van der Waals surface area contributed by atoms with Crippen LogP contribution in [0.4, 0.5) is 5.69 Å². The first-order valence-electron chi connectivity index (χ1n) is 6.55. The fraction of sp³-hybridized carbons (Fsp3) is 0.400. The zero-order chi connectivity index (χ0) is 14.5. The molecule has 0 radical (unpaired) electrons. The Morgan fingerprint density at radius 3 is 2.80 bits per heavy atom. The summed E-state index contributed by atoms with van der Waals surface area (Å²) in [5.74, 6) is 0.498. The van der Waals surface area contributed by atoms with Crippen molar-refractivity contribution in [2.45, 2.75) is 6.42 Å². The molecule has 0 unspecified atom stereocenters. The Hall–Kier alpha value is -2.01. The molecule has 0 aliphatic carbocycles. The van der Waals surface area contributed by atoms with E-state index < -0.39 is 0 Å². The second-order valence-electron chi connectivity index (χ2n) is 4.76. The lowest BCUT2D eigenvalue weighted by Crippen LogP contribution is -2.35. The van der Waals surface area contributed by atoms with Crippen LogP contribution in [0.25, 0.3) is 0 Å². The highest BCUT2D eigenvalue weighted by atomic mass is 16.5. The highest BCUT2D eigenvalue weighted by Crippen LogP contribution is 2.24. The van der Waals surface area contributed by atoms with E-state index in [0.29, 0.717) is 36.7 Å². The lowest BCUT2D eigenvalue weighted by molar-refractivity contribution is 0.0761. The van der Waals surface area contributed by atoms with Gasteiger partial charge in [-0.05, 0) is 30.2 Å². The number of anilines is 1. The van der Waals surface area contributed by atoms with Gasteiger partial charge in [-0.25, -0.2) is 0 Å². The molecule has 1 aromatic rings. The number of nitrogens with zero attached hydrogens (tertiary/aromatic N) is 1. The van der Waals surface area contributed by atoms with E-state index in [1.807, 2.05) is 6.08 Å². The molecular weight excluding hydrogens is 256 g/mol. The third kappa shape index (κ3) is 3.11. The van der Waals surface area contributed by atoms with E-state index in [-0.39, 0.29) is 5.91 Å². The molecule has 0 fully saturated rings. The third-order valence-electron chi connectivity index (χ3n) is 3.37. The summed E-state index contributed by atoms with van der Waals surface area (Å²) in [6.07, 6.45) is 2.88. The van der Waals surface area contributed by atoms with Gasteiger partial charge in [0.05, 0.1) is 19.3 Å². The number of nitrogen functional groups attached to an aromatic ring is 1. The smallest absolute Gasteiger partial charge is 0.257 e. The van der Waals surface area contributed by atoms with Crippen LogP contribution in [0.2, 0.25) is 0 Å². The molecule has 0 saturated carbocycles. The van der Waals surface area contributed by atoms with Crippen LogP contribution in [0.15, 0.2) is 29.8 Å². The number of hydrogen-bond donors (Lipinski definition) is 1. The minimum atomic E-state index is -0.0538. The minimum absolute atomic E-state index is 0.0538. The molecule has 5 nitrogen and oxygen atoms in total. The van der Waals surface area contributed by atoms with E-state index in [0.717, 1.165) is 6.42 Å². The van der Waals surface area contributed by atoms with Crippen molar-refractivity contribution in [1.82, 2.24) is 4.90 Å². The van der Waals surface area contributed by atoms with Gasteiger partial charge in [-0.1, -0.05) is 6.08 Å². The maximum absolute atomic E-state index is 12.5. The van der Waals surface area contributed by atoms with Crippen molar-refractivity contribution in [1.29, 1.82) is 0 Å². The summed E-state index contributed by atoms with van der Waals surface area (Å²) in [6, 6.07) is 5.11. The van der Waals surface area contributed by atoms with Crippen molar-refractivity contribution in [2.24, 2.45) is 0 Å². The summed E-state index contributed by atoms with van der Waals surface area (Å²) >= 11 is 0. The Kier molecular flexibility index (Phi) is 4.63. The minimum Gasteiger partial charge on any atom is -0.496 e. The number of ether oxygens (including phenoxy) is 2. The molecule has 2 rings (SSSR count). The van der Waals surface area contributed by atoms with Gasteiger partial charge in [-0.2, -0.15) is 0 Å². The van der Waals surface area contributed by atoms with E-state index in [1.54, 1.807) is 37.3 Å². The van der Waals surface area contributed by atoms with Crippen molar-refractivity contribution in [3.8, 4) is 5.75 Å². The predicted octanol–water partition coefficient (Wildman–Crippen LogP) is 1.70. The van der Waals surface area contributed by atoms with Crippen LogP contribution in [0, 0.1) is 0 Å². The monoisotopic (exact) mass is 276 g/mol. The van der Waals surface area contributed by atoms with Gasteiger partial charge >= 0.3 is 0 Å². The van der Waals surface area contributed by atoms with Crippen molar-refractivity contribution in [3.63, 3.8) is 0 Å². The lowest BCUT2D eigenvalue weighted by Gasteiger charge is -2.27. The predicted molar refractivity (Wildman–Crippen MR) is 77.9 cm³/mol. The van der Waals surface area contributed by atoms with Gasteiger partial charge in [-0.3, -0.25) is 4.79 Å². The zero-order valence-electron chi connectivity index (χ0n) is 11.9. The van der Waals surface area contributed by atoms with Gasteiger partial charge in [0.1, 0.15) is 5.75 Å². The Bertz CT molecular complexity index is 526. The summed E-state index contributed by atoms with van der Waals surface area (Å²) in [5.41, 5.74) is 8.06. The molecule has 1 aliphatic heterocycles. The average molecular weight is 276 g/mol. The van der Waals surface area contributed by atoms with E-state index in [2.05, 4.69) is 0 Å². The summed E-state index contributed by atoms with van der Waals surface area (Å²) in [4.78, 5) is 14.3. The van der Waals surface area contributed by atoms with Crippen molar-refractivity contribution >= 4 is 11.6 Å². The number of amides is 1. The first kappa shape index (κ1) is 14.4. The van der Waals surface area contributed by atoms with Crippen LogP contribution < -0.4 is 10.5 Å². The van der Waals surface area contributed by atoms with Gasteiger partial charge in [0, 0.05) is 25.9 Å². The molecule has 20 heavy (non-hydrogen) atoms. The number of nitrogens with two attached hydrogens (primary N) is 1. The van der Waals surface area contributed by atoms with Gasteiger partial charge in [0.15, 0.2) is 0 Å². The maximum Gasteiger partial charge on any atom is 0.257 e. The molecular formula is C15H20N2O3. The zero-order valence-corrected chi connectivity index (χ0v) is 11.9. The summed E-state index contributed by atoms with van der Waals surface area (Å²) in [5, 5.41) is 0. The molecule has 2 N–H and O–H groups in total. The summed E-state index contributed by atoms with van der Waals surface area (Å²) < 4.78 is 10.3. The number of hydrogen-bond acceptors (Lipinski definition) is 4. The van der Waals surface area contributed by atoms with Crippen LogP contribution in [0.5, 0.6) is 5.75 Å². The van der Waals surface area contributed by atoms with Crippen molar-refractivity contribution in [3.05, 3.63) is 35.4 Å². The summed E-state index contributed by atoms with van der Waals surface area (Å²) in [7, 11) is 3.23. The Balaban J connectivity index is 2.15. The molecule has 1 heterocycles. The van der Waals surface area contributed by atoms with E-state index in [9.17, 15) is 4.79 Å². The molecule has 1 amide bonds. The molecule has 0 spiro atoms. The average Bonchev–Trinajstić information content (AvgIpc) is 2.47. The SMILES string of the molecule is COCC1=CCN(C(=O)c2cc(N)ccc2OC)CC1. The second kappa shape index (κ2) is 6.43. The van der Waals surface area contributed by atoms with E-state index in [4.69, 9.17) is 15.2 Å². The normalized spacial score (nSPS) is 14.9. The van der Waals surface area contributed by atoms with Gasteiger partial charge in [-0.15, -0.1) is 0 Å². The summed E-state index contributed by atoms with van der Waals surface area (Å²) in [6.45, 7) is 1.91. The number of benzene rings is 1. The van der Waals surface area contributed by atoms with Crippen LogP contribution in [0.1, 0.15) is 16.8 Å². The van der Waals surface area contributed by atoms with Crippen LogP contribution in [-0.2, 0) is 4.74 Å². The van der Waals surface area contributed by atoms with Crippen molar-refractivity contribution in [2.75, 3.05) is 39.6 Å². The first-order chi connectivity index (χ1) is 9.65. The number of carbonyl (C=O) groups excluding carboxylic acids is 1. The fourth-order valence-electron chi connectivity index (χ4n) is 2.28. The highest BCUT2D eigenvalue weighted by Gasteiger charge is 2.21. The Labute approximate surface area is 119 Å². The Morgan fingerprint density at radius 2 is 2.20 bits per heavy atom. The molecule has 108 valence electrons. The van der Waals surface area contributed by atoms with Crippen LogP contribution in [0.3, 0.4) is 0 Å². The molecule has 0 saturated heterocycles. The van der Waals surface area contributed by atoms with Crippen molar-refractivity contribution < 1.29 is 14.3 Å². The second-order valence-corrected chi connectivity index (χ2v) is 4.76. The molecule has 0 bridgehead atoms. The quantitative estimate of drug-likeness (QED) is 0.671. The van der Waals surface area contributed by atoms with Crippen LogP contribution >= 0.6 is 0 Å². The molecule has 0 aromatic heterocycles. The third-order valence-corrected chi connectivity index (χ3v) is 3.37. The number of carbonyl (C=O) groups is 1. The molecule has 5 heteroatoms. The van der Waals surface area contributed by atoms with E-state index >= 15 is 0 Å². The highest BCUT2D eigenvalue weighted by molar-refractivity contribution is 5.98. The Morgan fingerprint density at radius 1 is 1.40 bits per heavy atom. The number of rotatable bonds is 4. The topological polar surface area (TPSA) is 64.8 Å². The molecule has 0 atom stereocenters. The lowest BCUT2D eigenvalue weighted by atomic mass is 10.1. The van der Waals surface area contributed by atoms with Gasteiger partial charge in [0.25, 0.3) is 5.91 Å². The van der Waals surface area contributed by atoms with Crippen LogP contribution in [-0.4, -0.2) is 44.7 Å². The largest absolute Gasteiger partial charge is 0.496 e. The number of methoxy groups -OCH3 is 2. The molecule has 1 aliphatic rings. The maximum atomic E-state index is 12.5. The van der Waals surface area contributed by atoms with E-state index in [1.165, 1.54) is 5.57 Å². The first-order valence-corrected chi connectivity index (χ1v) is 6.55. The van der Waals surface area contributed by atoms with Gasteiger partial charge < -0.3 is 20.1 Å². The molecule has 1 aromatic carbocycles.